The third-order valence-corrected chi connectivity index (χ3v) is 1.67. The van der Waals surface area contributed by atoms with Gasteiger partial charge in [0.05, 0.1) is 11.9 Å². The number of hydrogen-bond donors (Lipinski definition) is 2. The van der Waals surface area contributed by atoms with E-state index in [1.54, 1.807) is 12.4 Å². The second-order valence-electron chi connectivity index (χ2n) is 1.95. The summed E-state index contributed by atoms with van der Waals surface area (Å²) in [6, 6.07) is 0. The van der Waals surface area contributed by atoms with Gasteiger partial charge in [-0.1, -0.05) is 24.9 Å². The minimum atomic E-state index is 0.558. The summed E-state index contributed by atoms with van der Waals surface area (Å²) in [4.78, 5) is 6.82. The molecule has 58 valence electrons. The highest BCUT2D eigenvalue weighted by Gasteiger charge is 1.97. The first-order valence-corrected chi connectivity index (χ1v) is 3.58. The first kappa shape index (κ1) is 7.94. The Hall–Kier alpha value is -1.16. The molecule has 1 heterocycles. The van der Waals surface area contributed by atoms with Crippen molar-refractivity contribution in [3.8, 4) is 0 Å². The number of nitrogens with zero attached hydrogens (tertiary/aromatic N) is 1. The largest absolute Gasteiger partial charge is 0.374 e. The molecule has 0 fully saturated rings. The maximum atomic E-state index is 4.96. The molecule has 0 aliphatic carbocycles. The molecule has 0 aromatic carbocycles. The highest BCUT2D eigenvalue weighted by molar-refractivity contribution is 7.71. The van der Waals surface area contributed by atoms with Gasteiger partial charge in [-0.25, -0.2) is 4.98 Å². The van der Waals surface area contributed by atoms with E-state index < -0.39 is 0 Å². The molecule has 0 spiro atoms. The maximum absolute atomic E-state index is 4.96. The number of rotatable bonds is 2. The van der Waals surface area contributed by atoms with Crippen molar-refractivity contribution in [1.82, 2.24) is 9.97 Å². The van der Waals surface area contributed by atoms with Crippen molar-refractivity contribution in [3.05, 3.63) is 23.1 Å². The molecule has 0 atom stereocenters. The Morgan fingerprint density at radius 3 is 3.00 bits per heavy atom. The van der Waals surface area contributed by atoms with Crippen molar-refractivity contribution in [2.24, 2.45) is 0 Å². The van der Waals surface area contributed by atoms with Gasteiger partial charge in [0.25, 0.3) is 0 Å². The molecule has 0 unspecified atom stereocenters. The number of hydrogen-bond acceptors (Lipinski definition) is 3. The first-order chi connectivity index (χ1) is 5.29. The van der Waals surface area contributed by atoms with Crippen LogP contribution in [-0.4, -0.2) is 17.0 Å². The molecule has 3 nitrogen and oxygen atoms in total. The third kappa shape index (κ3) is 1.46. The standard InChI is InChI=1S/C7H9N3S/c1-3-5-6(8-2)9-4-10-7(5)11/h3-4H,1H2,2H3,(H2,8,9,10,11). The van der Waals surface area contributed by atoms with Crippen LogP contribution < -0.4 is 5.32 Å². The molecule has 1 rings (SSSR count). The summed E-state index contributed by atoms with van der Waals surface area (Å²) in [5.41, 5.74) is 0.838. The Balaban J connectivity index is 3.36. The highest BCUT2D eigenvalue weighted by atomic mass is 32.1. The molecule has 0 aliphatic heterocycles. The number of H-pyrrole nitrogens is 1. The summed E-state index contributed by atoms with van der Waals surface area (Å²) in [6.07, 6.45) is 3.23. The van der Waals surface area contributed by atoms with E-state index in [2.05, 4.69) is 21.9 Å². The van der Waals surface area contributed by atoms with E-state index in [4.69, 9.17) is 12.2 Å². The monoisotopic (exact) mass is 167 g/mol. The van der Waals surface area contributed by atoms with Gasteiger partial charge in [0.2, 0.25) is 0 Å². The Labute approximate surface area is 70.2 Å². The van der Waals surface area contributed by atoms with Gasteiger partial charge < -0.3 is 10.3 Å². The molecule has 0 saturated heterocycles. The lowest BCUT2D eigenvalue weighted by Crippen LogP contribution is -1.96. The minimum absolute atomic E-state index is 0.558. The smallest absolute Gasteiger partial charge is 0.138 e. The molecule has 1 aromatic rings. The Bertz CT molecular complexity index is 316. The Morgan fingerprint density at radius 2 is 2.55 bits per heavy atom. The van der Waals surface area contributed by atoms with Gasteiger partial charge >= 0.3 is 0 Å². The van der Waals surface area contributed by atoms with Gasteiger partial charge in [0.1, 0.15) is 10.5 Å². The number of aromatic amines is 1. The first-order valence-electron chi connectivity index (χ1n) is 3.17. The van der Waals surface area contributed by atoms with E-state index in [-0.39, 0.29) is 0 Å². The van der Waals surface area contributed by atoms with Crippen molar-refractivity contribution in [2.45, 2.75) is 0 Å². The van der Waals surface area contributed by atoms with Crippen LogP contribution >= 0.6 is 12.2 Å². The third-order valence-electron chi connectivity index (χ3n) is 1.34. The molecule has 2 N–H and O–H groups in total. The van der Waals surface area contributed by atoms with Gasteiger partial charge in [-0.2, -0.15) is 0 Å². The van der Waals surface area contributed by atoms with Crippen molar-refractivity contribution < 1.29 is 0 Å². The van der Waals surface area contributed by atoms with Crippen molar-refractivity contribution >= 4 is 24.1 Å². The van der Waals surface area contributed by atoms with Gasteiger partial charge in [-0.15, -0.1) is 0 Å². The molecule has 0 amide bonds. The van der Waals surface area contributed by atoms with E-state index in [0.717, 1.165) is 11.4 Å². The molecule has 0 saturated carbocycles. The lowest BCUT2D eigenvalue weighted by atomic mass is 10.3. The summed E-state index contributed by atoms with van der Waals surface area (Å²) in [5.74, 6) is 0.847. The molecule has 4 heteroatoms. The number of anilines is 1. The fraction of sp³-hybridized carbons (Fsp3) is 0.143. The minimum Gasteiger partial charge on any atom is -0.374 e. The van der Waals surface area contributed by atoms with E-state index >= 15 is 0 Å². The van der Waals surface area contributed by atoms with Crippen LogP contribution in [0, 0.1) is 4.64 Å². The van der Waals surface area contributed by atoms with Crippen LogP contribution in [0.4, 0.5) is 5.82 Å². The summed E-state index contributed by atoms with van der Waals surface area (Å²) in [6.45, 7) is 3.63. The zero-order valence-corrected chi connectivity index (χ0v) is 7.03. The fourth-order valence-corrected chi connectivity index (χ4v) is 1.04. The topological polar surface area (TPSA) is 40.7 Å². The molecule has 1 aromatic heterocycles. The average molecular weight is 167 g/mol. The molecular formula is C7H9N3S. The quantitative estimate of drug-likeness (QED) is 0.660. The molecular weight excluding hydrogens is 158 g/mol. The Kier molecular flexibility index (Phi) is 2.38. The second kappa shape index (κ2) is 3.30. The van der Waals surface area contributed by atoms with Crippen LogP contribution in [0.1, 0.15) is 5.56 Å². The van der Waals surface area contributed by atoms with E-state index in [9.17, 15) is 0 Å². The van der Waals surface area contributed by atoms with Crippen LogP contribution in [-0.2, 0) is 0 Å². The van der Waals surface area contributed by atoms with Crippen LogP contribution in [0.25, 0.3) is 6.08 Å². The SMILES string of the molecule is C=Cc1c(NC)[nH]cnc1=S. The molecule has 0 aliphatic rings. The highest BCUT2D eigenvalue weighted by Crippen LogP contribution is 2.11. The van der Waals surface area contributed by atoms with Crippen LogP contribution in [0.15, 0.2) is 12.9 Å². The predicted molar refractivity (Wildman–Crippen MR) is 49.1 cm³/mol. The maximum Gasteiger partial charge on any atom is 0.138 e. The predicted octanol–water partition coefficient (Wildman–Crippen LogP) is 1.82. The van der Waals surface area contributed by atoms with Gasteiger partial charge in [0, 0.05) is 7.05 Å². The van der Waals surface area contributed by atoms with Crippen molar-refractivity contribution in [1.29, 1.82) is 0 Å². The normalized spacial score (nSPS) is 9.18. The van der Waals surface area contributed by atoms with Crippen molar-refractivity contribution in [3.63, 3.8) is 0 Å². The fourth-order valence-electron chi connectivity index (χ4n) is 0.806. The van der Waals surface area contributed by atoms with Gasteiger partial charge in [0.15, 0.2) is 0 Å². The van der Waals surface area contributed by atoms with E-state index in [1.165, 1.54) is 0 Å². The van der Waals surface area contributed by atoms with Crippen LogP contribution in [0.3, 0.4) is 0 Å². The molecule has 0 bridgehead atoms. The second-order valence-corrected chi connectivity index (χ2v) is 2.34. The van der Waals surface area contributed by atoms with Crippen LogP contribution in [0.2, 0.25) is 0 Å². The van der Waals surface area contributed by atoms with E-state index in [0.29, 0.717) is 4.64 Å². The summed E-state index contributed by atoms with van der Waals surface area (Å²) in [7, 11) is 1.81. The lowest BCUT2D eigenvalue weighted by Gasteiger charge is -2.02. The lowest BCUT2D eigenvalue weighted by molar-refractivity contribution is 1.13. The molecule has 11 heavy (non-hydrogen) atoms. The van der Waals surface area contributed by atoms with Crippen LogP contribution in [0.5, 0.6) is 0 Å². The van der Waals surface area contributed by atoms with E-state index in [1.807, 2.05) is 7.05 Å². The Morgan fingerprint density at radius 1 is 1.82 bits per heavy atom. The average Bonchev–Trinajstić information content (AvgIpc) is 2.04. The van der Waals surface area contributed by atoms with Gasteiger partial charge in [-0.05, 0) is 0 Å². The number of aromatic nitrogens is 2. The summed E-state index contributed by atoms with van der Waals surface area (Å²) >= 11 is 4.96. The zero-order chi connectivity index (χ0) is 8.27. The summed E-state index contributed by atoms with van der Waals surface area (Å²) < 4.78 is 0.558. The number of nitrogens with one attached hydrogen (secondary N) is 2. The van der Waals surface area contributed by atoms with Gasteiger partial charge in [-0.3, -0.25) is 0 Å². The molecule has 0 radical (unpaired) electrons. The van der Waals surface area contributed by atoms with Crippen molar-refractivity contribution in [2.75, 3.05) is 12.4 Å². The summed E-state index contributed by atoms with van der Waals surface area (Å²) in [5, 5.41) is 2.95. The zero-order valence-electron chi connectivity index (χ0n) is 6.22.